The fourth-order valence-corrected chi connectivity index (χ4v) is 5.84. The first-order chi connectivity index (χ1) is 11.8. The molecule has 3 rings (SSSR count). The summed E-state index contributed by atoms with van der Waals surface area (Å²) in [6.45, 7) is -0.287. The van der Waals surface area contributed by atoms with E-state index in [1.165, 1.54) is 35.4 Å². The van der Waals surface area contributed by atoms with Gasteiger partial charge >= 0.3 is 0 Å². The third kappa shape index (κ3) is 3.70. The number of fused-ring (bicyclic) bond motifs is 1. The van der Waals surface area contributed by atoms with E-state index >= 15 is 0 Å². The van der Waals surface area contributed by atoms with E-state index in [-0.39, 0.29) is 16.7 Å². The van der Waals surface area contributed by atoms with E-state index in [0.717, 1.165) is 25.9 Å². The highest BCUT2D eigenvalue weighted by atomic mass is 35.5. The molecule has 0 radical (unpaired) electrons. The topological polar surface area (TPSA) is 70.6 Å². The smallest absolute Gasteiger partial charge is 0.252 e. The van der Waals surface area contributed by atoms with Crippen molar-refractivity contribution >= 4 is 65.6 Å². The quantitative estimate of drug-likeness (QED) is 0.641. The van der Waals surface area contributed by atoms with Gasteiger partial charge in [-0.05, 0) is 24.3 Å². The predicted molar refractivity (Wildman–Crippen MR) is 102 cm³/mol. The number of halogens is 1. The number of thiazole rings is 1. The lowest BCUT2D eigenvalue weighted by Gasteiger charge is -2.19. The van der Waals surface area contributed by atoms with Crippen molar-refractivity contribution in [3.63, 3.8) is 0 Å². The fraction of sp³-hybridized carbons (Fsp3) is 0.200. The van der Waals surface area contributed by atoms with E-state index < -0.39 is 10.0 Å². The van der Waals surface area contributed by atoms with Gasteiger partial charge in [-0.25, -0.2) is 13.4 Å². The summed E-state index contributed by atoms with van der Waals surface area (Å²) in [6.07, 6.45) is 0. The molecule has 0 spiro atoms. The van der Waals surface area contributed by atoms with Crippen LogP contribution in [-0.2, 0) is 14.8 Å². The molecule has 0 saturated carbocycles. The molecular formula is C15H14ClN3O3S3. The van der Waals surface area contributed by atoms with Crippen LogP contribution in [0, 0.1) is 0 Å². The van der Waals surface area contributed by atoms with Gasteiger partial charge in [-0.2, -0.15) is 4.31 Å². The lowest BCUT2D eigenvalue weighted by molar-refractivity contribution is -0.118. The first-order valence-electron chi connectivity index (χ1n) is 7.13. The third-order valence-electron chi connectivity index (χ3n) is 3.51. The summed E-state index contributed by atoms with van der Waals surface area (Å²) in [5.41, 5.74) is 0.802. The number of thiophene rings is 1. The molecule has 3 aromatic rings. The van der Waals surface area contributed by atoms with Crippen LogP contribution in [0.15, 0.2) is 40.6 Å². The maximum absolute atomic E-state index is 12.5. The van der Waals surface area contributed by atoms with Crippen molar-refractivity contribution in [2.24, 2.45) is 0 Å². The number of para-hydroxylation sites is 1. The number of hydrogen-bond donors (Lipinski definition) is 0. The molecule has 132 valence electrons. The zero-order chi connectivity index (χ0) is 18.2. The first kappa shape index (κ1) is 18.3. The number of carbonyl (C=O) groups excluding carboxylic acids is 1. The minimum absolute atomic E-state index is 0.107. The highest BCUT2D eigenvalue weighted by molar-refractivity contribution is 7.91. The summed E-state index contributed by atoms with van der Waals surface area (Å²) in [7, 11) is -0.797. The molecule has 0 aliphatic rings. The number of amides is 1. The summed E-state index contributed by atoms with van der Waals surface area (Å²) in [6, 6.07) is 10.5. The van der Waals surface area contributed by atoms with Crippen LogP contribution < -0.4 is 4.90 Å². The molecule has 0 bridgehead atoms. The highest BCUT2D eigenvalue weighted by Crippen LogP contribution is 2.29. The van der Waals surface area contributed by atoms with E-state index in [9.17, 15) is 13.2 Å². The molecule has 2 heterocycles. The molecular weight excluding hydrogens is 402 g/mol. The molecule has 0 unspecified atom stereocenters. The summed E-state index contributed by atoms with van der Waals surface area (Å²) < 4.78 is 27.4. The van der Waals surface area contributed by atoms with Crippen molar-refractivity contribution < 1.29 is 13.2 Å². The summed E-state index contributed by atoms with van der Waals surface area (Å²) >= 11 is 8.14. The molecule has 0 aliphatic carbocycles. The fourth-order valence-electron chi connectivity index (χ4n) is 2.08. The molecule has 0 N–H and O–H groups in total. The van der Waals surface area contributed by atoms with E-state index in [4.69, 9.17) is 11.6 Å². The van der Waals surface area contributed by atoms with E-state index in [0.29, 0.717) is 9.47 Å². The second kappa shape index (κ2) is 7.00. The second-order valence-electron chi connectivity index (χ2n) is 5.24. The molecule has 1 aromatic carbocycles. The van der Waals surface area contributed by atoms with Crippen LogP contribution in [0.2, 0.25) is 4.34 Å². The SMILES string of the molecule is CN(C(=O)CN(C)S(=O)(=O)c1ccc(Cl)s1)c1nc2ccccc2s1. The minimum atomic E-state index is -3.75. The zero-order valence-electron chi connectivity index (χ0n) is 13.3. The van der Waals surface area contributed by atoms with Crippen molar-refractivity contribution in [1.29, 1.82) is 0 Å². The average Bonchev–Trinajstić information content (AvgIpc) is 3.20. The Bertz CT molecular complexity index is 996. The van der Waals surface area contributed by atoms with Gasteiger partial charge in [0.15, 0.2) is 5.13 Å². The predicted octanol–water partition coefficient (Wildman–Crippen LogP) is 3.29. The Morgan fingerprint density at radius 2 is 1.88 bits per heavy atom. The minimum Gasteiger partial charge on any atom is -0.290 e. The van der Waals surface area contributed by atoms with Crippen molar-refractivity contribution in [2.75, 3.05) is 25.5 Å². The zero-order valence-corrected chi connectivity index (χ0v) is 16.5. The van der Waals surface area contributed by atoms with Crippen molar-refractivity contribution in [3.05, 3.63) is 40.7 Å². The lowest BCUT2D eigenvalue weighted by Crippen LogP contribution is -2.39. The number of anilines is 1. The molecule has 0 aliphatic heterocycles. The van der Waals surface area contributed by atoms with Crippen LogP contribution in [0.1, 0.15) is 0 Å². The Morgan fingerprint density at radius 1 is 1.16 bits per heavy atom. The Hall–Kier alpha value is -1.52. The van der Waals surface area contributed by atoms with Crippen LogP contribution in [0.3, 0.4) is 0 Å². The van der Waals surface area contributed by atoms with Gasteiger partial charge in [0.2, 0.25) is 5.91 Å². The van der Waals surface area contributed by atoms with Crippen LogP contribution in [0.5, 0.6) is 0 Å². The van der Waals surface area contributed by atoms with Crippen molar-refractivity contribution in [3.8, 4) is 0 Å². The standard InChI is InChI=1S/C15H14ClN3O3S3/c1-18(25(21,22)14-8-7-12(16)24-14)9-13(20)19(2)15-17-10-5-3-4-6-11(10)23-15/h3-8H,9H2,1-2H3. The number of benzene rings is 1. The maximum atomic E-state index is 12.5. The molecule has 0 saturated heterocycles. The van der Waals surface area contributed by atoms with Gasteiger partial charge < -0.3 is 0 Å². The summed E-state index contributed by atoms with van der Waals surface area (Å²) in [4.78, 5) is 18.3. The van der Waals surface area contributed by atoms with Crippen LogP contribution in [0.25, 0.3) is 10.2 Å². The van der Waals surface area contributed by atoms with Crippen LogP contribution >= 0.6 is 34.3 Å². The number of likely N-dealkylation sites (N-methyl/N-ethyl adjacent to an activating group) is 2. The molecule has 10 heteroatoms. The maximum Gasteiger partial charge on any atom is 0.252 e. The summed E-state index contributed by atoms with van der Waals surface area (Å²) in [5, 5.41) is 0.524. The number of aromatic nitrogens is 1. The molecule has 2 aromatic heterocycles. The number of sulfonamides is 1. The van der Waals surface area contributed by atoms with Crippen LogP contribution in [-0.4, -0.2) is 44.3 Å². The largest absolute Gasteiger partial charge is 0.290 e. The average molecular weight is 416 g/mol. The van der Waals surface area contributed by atoms with Gasteiger partial charge in [0.25, 0.3) is 10.0 Å². The number of hydrogen-bond acceptors (Lipinski definition) is 6. The van der Waals surface area contributed by atoms with Crippen molar-refractivity contribution in [1.82, 2.24) is 9.29 Å². The first-order valence-corrected chi connectivity index (χ1v) is 10.6. The van der Waals surface area contributed by atoms with E-state index in [1.54, 1.807) is 7.05 Å². The number of nitrogens with zero attached hydrogens (tertiary/aromatic N) is 3. The van der Waals surface area contributed by atoms with Gasteiger partial charge in [-0.1, -0.05) is 35.1 Å². The Labute approximate surface area is 158 Å². The normalized spacial score (nSPS) is 12.0. The van der Waals surface area contributed by atoms with Crippen LogP contribution in [0.4, 0.5) is 5.13 Å². The Morgan fingerprint density at radius 3 is 2.52 bits per heavy atom. The summed E-state index contributed by atoms with van der Waals surface area (Å²) in [5.74, 6) is -0.368. The lowest BCUT2D eigenvalue weighted by atomic mass is 10.3. The monoisotopic (exact) mass is 415 g/mol. The van der Waals surface area contributed by atoms with Gasteiger partial charge in [0.1, 0.15) is 4.21 Å². The molecule has 0 atom stereocenters. The van der Waals surface area contributed by atoms with E-state index in [1.807, 2.05) is 24.3 Å². The Balaban J connectivity index is 1.76. The second-order valence-corrected chi connectivity index (χ2v) is 10.2. The third-order valence-corrected chi connectivity index (χ3v) is 8.13. The molecule has 25 heavy (non-hydrogen) atoms. The van der Waals surface area contributed by atoms with Crippen molar-refractivity contribution in [2.45, 2.75) is 4.21 Å². The number of rotatable bonds is 5. The Kier molecular flexibility index (Phi) is 5.12. The molecule has 1 amide bonds. The van der Waals surface area contributed by atoms with Gasteiger partial charge in [0.05, 0.1) is 21.1 Å². The van der Waals surface area contributed by atoms with Gasteiger partial charge in [-0.3, -0.25) is 9.69 Å². The number of carbonyl (C=O) groups is 1. The van der Waals surface area contributed by atoms with Gasteiger partial charge in [0, 0.05) is 14.1 Å². The highest BCUT2D eigenvalue weighted by Gasteiger charge is 2.26. The van der Waals surface area contributed by atoms with Gasteiger partial charge in [-0.15, -0.1) is 11.3 Å². The van der Waals surface area contributed by atoms with E-state index in [2.05, 4.69) is 4.98 Å². The molecule has 6 nitrogen and oxygen atoms in total. The molecule has 0 fully saturated rings.